The van der Waals surface area contributed by atoms with Crippen molar-refractivity contribution in [2.45, 2.75) is 43.3 Å². The summed E-state index contributed by atoms with van der Waals surface area (Å²) in [5.41, 5.74) is 0. The normalized spacial score (nSPS) is 18.3. The number of carboxylic acids is 1. The summed E-state index contributed by atoms with van der Waals surface area (Å²) in [5, 5.41) is 60.2. The second-order valence-electron chi connectivity index (χ2n) is 6.70. The van der Waals surface area contributed by atoms with Crippen molar-refractivity contribution in [3.8, 4) is 0 Å². The first-order valence-corrected chi connectivity index (χ1v) is 9.13. The number of hydrogen-bond acceptors (Lipinski definition) is 10. The lowest BCUT2D eigenvalue weighted by molar-refractivity contribution is -0.143. The van der Waals surface area contributed by atoms with Gasteiger partial charge in [0.25, 0.3) is 11.8 Å². The number of amides is 4. The summed E-state index contributed by atoms with van der Waals surface area (Å²) in [6.45, 7) is -2.10. The van der Waals surface area contributed by atoms with E-state index >= 15 is 0 Å². The van der Waals surface area contributed by atoms with Crippen LogP contribution >= 0.6 is 0 Å². The number of carboxylic acid groups (broad SMARTS) is 1. The Morgan fingerprint density at radius 3 is 2.00 bits per heavy atom. The summed E-state index contributed by atoms with van der Waals surface area (Å²) in [5.74, 6) is -4.58. The number of aliphatic hydroxyl groups excluding tert-OH is 5. The molecular weight excluding hydrogens is 422 g/mol. The van der Waals surface area contributed by atoms with E-state index in [0.29, 0.717) is 4.90 Å². The lowest BCUT2D eigenvalue weighted by Gasteiger charge is -2.25. The van der Waals surface area contributed by atoms with Crippen molar-refractivity contribution in [3.63, 3.8) is 0 Å². The molecule has 174 valence electrons. The molecule has 1 heterocycles. The molecular formula is C17H25N3O11. The molecule has 1 rings (SSSR count). The molecule has 0 aromatic heterocycles. The number of aliphatic carboxylic acids is 1. The van der Waals surface area contributed by atoms with Gasteiger partial charge in [-0.05, 0) is 6.42 Å². The second kappa shape index (κ2) is 12.1. The predicted octanol–water partition coefficient (Wildman–Crippen LogP) is -5.19. The smallest absolute Gasteiger partial charge is 0.326 e. The minimum atomic E-state index is -1.88. The Bertz CT molecular complexity index is 708. The van der Waals surface area contributed by atoms with Crippen LogP contribution in [0.4, 0.5) is 0 Å². The Balaban J connectivity index is 2.46. The fourth-order valence-corrected chi connectivity index (χ4v) is 2.49. The monoisotopic (exact) mass is 447 g/mol. The first-order valence-electron chi connectivity index (χ1n) is 9.13. The van der Waals surface area contributed by atoms with E-state index in [2.05, 4.69) is 10.6 Å². The largest absolute Gasteiger partial charge is 0.480 e. The van der Waals surface area contributed by atoms with Crippen LogP contribution in [0.15, 0.2) is 12.2 Å². The minimum absolute atomic E-state index is 0.364. The van der Waals surface area contributed by atoms with Crippen LogP contribution in [0.5, 0.6) is 0 Å². The predicted molar refractivity (Wildman–Crippen MR) is 98.8 cm³/mol. The molecule has 0 radical (unpaired) electrons. The number of nitrogens with zero attached hydrogens (tertiary/aromatic N) is 1. The molecule has 14 nitrogen and oxygen atoms in total. The summed E-state index contributed by atoms with van der Waals surface area (Å²) >= 11 is 0. The number of carbonyl (C=O) groups is 5. The Kier molecular flexibility index (Phi) is 10.2. The van der Waals surface area contributed by atoms with Crippen LogP contribution in [0.3, 0.4) is 0 Å². The number of rotatable bonds is 13. The van der Waals surface area contributed by atoms with E-state index in [1.807, 2.05) is 0 Å². The molecule has 31 heavy (non-hydrogen) atoms. The van der Waals surface area contributed by atoms with E-state index in [1.54, 1.807) is 0 Å². The van der Waals surface area contributed by atoms with Crippen LogP contribution in [-0.4, -0.2) is 115 Å². The molecule has 0 fully saturated rings. The lowest BCUT2D eigenvalue weighted by Crippen LogP contribution is -2.50. The summed E-state index contributed by atoms with van der Waals surface area (Å²) < 4.78 is 0. The SMILES string of the molecule is O=C(CC[C@H](NC(=O)CN1C(=O)C=CC1=O)C(=O)O)NC[C@H](O)[C@@H](O)[C@H](O)[C@H](O)CO. The van der Waals surface area contributed by atoms with E-state index < -0.39 is 86.2 Å². The molecule has 1 aliphatic heterocycles. The van der Waals surface area contributed by atoms with Gasteiger partial charge in [-0.1, -0.05) is 0 Å². The van der Waals surface area contributed by atoms with Gasteiger partial charge in [-0.3, -0.25) is 24.1 Å². The fourth-order valence-electron chi connectivity index (χ4n) is 2.49. The molecule has 0 spiro atoms. The average molecular weight is 447 g/mol. The maximum absolute atomic E-state index is 11.9. The van der Waals surface area contributed by atoms with E-state index in [-0.39, 0.29) is 6.42 Å². The highest BCUT2D eigenvalue weighted by Crippen LogP contribution is 2.06. The topological polar surface area (TPSA) is 234 Å². The van der Waals surface area contributed by atoms with Crippen LogP contribution in [0.1, 0.15) is 12.8 Å². The zero-order chi connectivity index (χ0) is 23.7. The van der Waals surface area contributed by atoms with Crippen LogP contribution in [0.2, 0.25) is 0 Å². The van der Waals surface area contributed by atoms with Gasteiger partial charge < -0.3 is 41.3 Å². The molecule has 0 bridgehead atoms. The first kappa shape index (κ1) is 26.1. The van der Waals surface area contributed by atoms with Gasteiger partial charge in [-0.2, -0.15) is 0 Å². The van der Waals surface area contributed by atoms with Gasteiger partial charge in [0.05, 0.1) is 12.7 Å². The van der Waals surface area contributed by atoms with Gasteiger partial charge in [0, 0.05) is 25.1 Å². The summed E-state index contributed by atoms with van der Waals surface area (Å²) in [4.78, 5) is 58.5. The van der Waals surface area contributed by atoms with Crippen molar-refractivity contribution < 1.29 is 54.6 Å². The molecule has 1 aliphatic rings. The van der Waals surface area contributed by atoms with Gasteiger partial charge in [-0.25, -0.2) is 4.79 Å². The standard InChI is InChI=1S/C17H25N3O11/c21-7-10(23)16(29)15(28)9(22)5-18-11(24)2-1-8(17(30)31)19-12(25)6-20-13(26)3-4-14(20)27/h3-4,8-10,15-16,21-23,28-29H,1-2,5-7H2,(H,18,24)(H,19,25)(H,30,31)/t8-,9-,10+,15+,16+/m0/s1. The molecule has 8 N–H and O–H groups in total. The average Bonchev–Trinajstić information content (AvgIpc) is 3.04. The van der Waals surface area contributed by atoms with Crippen molar-refractivity contribution in [3.05, 3.63) is 12.2 Å². The molecule has 0 saturated carbocycles. The maximum Gasteiger partial charge on any atom is 0.326 e. The Morgan fingerprint density at radius 2 is 1.48 bits per heavy atom. The van der Waals surface area contributed by atoms with E-state index in [1.165, 1.54) is 0 Å². The van der Waals surface area contributed by atoms with Crippen molar-refractivity contribution in [2.24, 2.45) is 0 Å². The molecule has 0 aromatic carbocycles. The third-order valence-corrected chi connectivity index (χ3v) is 4.33. The summed E-state index contributed by atoms with van der Waals surface area (Å²) in [6, 6.07) is -1.50. The Morgan fingerprint density at radius 1 is 0.935 bits per heavy atom. The molecule has 4 amide bonds. The molecule has 0 aromatic rings. The number of nitrogens with one attached hydrogen (secondary N) is 2. The Hall–Kier alpha value is -2.91. The Labute approximate surface area is 175 Å². The van der Waals surface area contributed by atoms with Crippen molar-refractivity contribution in [2.75, 3.05) is 19.7 Å². The molecule has 0 saturated heterocycles. The number of hydrogen-bond donors (Lipinski definition) is 8. The molecule has 0 aliphatic carbocycles. The zero-order valence-electron chi connectivity index (χ0n) is 16.2. The molecule has 14 heteroatoms. The van der Waals surface area contributed by atoms with E-state index in [4.69, 9.17) is 5.11 Å². The summed E-state index contributed by atoms with van der Waals surface area (Å²) in [7, 11) is 0. The van der Waals surface area contributed by atoms with Gasteiger partial charge in [0.2, 0.25) is 11.8 Å². The van der Waals surface area contributed by atoms with Crippen LogP contribution in [-0.2, 0) is 24.0 Å². The maximum atomic E-state index is 11.9. The van der Waals surface area contributed by atoms with Crippen molar-refractivity contribution >= 4 is 29.6 Å². The van der Waals surface area contributed by atoms with Gasteiger partial charge in [0.15, 0.2) is 0 Å². The highest BCUT2D eigenvalue weighted by atomic mass is 16.4. The number of aliphatic hydroxyl groups is 5. The quantitative estimate of drug-likeness (QED) is 0.124. The van der Waals surface area contributed by atoms with Gasteiger partial charge in [-0.15, -0.1) is 0 Å². The molecule has 5 atom stereocenters. The molecule has 0 unspecified atom stereocenters. The van der Waals surface area contributed by atoms with E-state index in [0.717, 1.165) is 12.2 Å². The van der Waals surface area contributed by atoms with Gasteiger partial charge in [0.1, 0.15) is 30.9 Å². The van der Waals surface area contributed by atoms with Crippen LogP contribution < -0.4 is 10.6 Å². The van der Waals surface area contributed by atoms with E-state index in [9.17, 15) is 49.5 Å². The van der Waals surface area contributed by atoms with Gasteiger partial charge >= 0.3 is 5.97 Å². The van der Waals surface area contributed by atoms with Crippen molar-refractivity contribution in [1.82, 2.24) is 15.5 Å². The lowest BCUT2D eigenvalue weighted by atomic mass is 10.0. The highest BCUT2D eigenvalue weighted by molar-refractivity contribution is 6.14. The number of imide groups is 1. The van der Waals surface area contributed by atoms with Crippen LogP contribution in [0.25, 0.3) is 0 Å². The zero-order valence-corrected chi connectivity index (χ0v) is 16.2. The van der Waals surface area contributed by atoms with Crippen molar-refractivity contribution in [1.29, 1.82) is 0 Å². The first-order chi connectivity index (χ1) is 14.5. The fraction of sp³-hybridized carbons (Fsp3) is 0.588. The third-order valence-electron chi connectivity index (χ3n) is 4.33. The highest BCUT2D eigenvalue weighted by Gasteiger charge is 2.31. The van der Waals surface area contributed by atoms with Crippen LogP contribution in [0, 0.1) is 0 Å². The summed E-state index contributed by atoms with van der Waals surface area (Å²) in [6.07, 6.45) is -6.00. The number of carbonyl (C=O) groups excluding carboxylic acids is 4. The third kappa shape index (κ3) is 8.03. The minimum Gasteiger partial charge on any atom is -0.480 e. The second-order valence-corrected chi connectivity index (χ2v) is 6.70.